The second-order valence-corrected chi connectivity index (χ2v) is 6.05. The Balaban J connectivity index is 1.92. The lowest BCUT2D eigenvalue weighted by Crippen LogP contribution is -2.40. The van der Waals surface area contributed by atoms with Crippen LogP contribution in [0.2, 0.25) is 0 Å². The van der Waals surface area contributed by atoms with E-state index in [1.165, 1.54) is 6.42 Å². The van der Waals surface area contributed by atoms with Gasteiger partial charge < -0.3 is 9.47 Å². The molecule has 1 aliphatic heterocycles. The van der Waals surface area contributed by atoms with Gasteiger partial charge in [0.15, 0.2) is 17.8 Å². The summed E-state index contributed by atoms with van der Waals surface area (Å²) in [7, 11) is 1.59. The van der Waals surface area contributed by atoms with E-state index in [2.05, 4.69) is 18.7 Å². The van der Waals surface area contributed by atoms with Crippen LogP contribution in [0.5, 0.6) is 11.5 Å². The highest BCUT2D eigenvalue weighted by Gasteiger charge is 2.21. The summed E-state index contributed by atoms with van der Waals surface area (Å²) in [6.07, 6.45) is 2.11. The Bertz CT molecular complexity index is 465. The number of hydrogen-bond donors (Lipinski definition) is 0. The van der Waals surface area contributed by atoms with Crippen molar-refractivity contribution in [3.63, 3.8) is 0 Å². The Morgan fingerprint density at radius 2 is 2.00 bits per heavy atom. The molecule has 1 aliphatic rings. The van der Waals surface area contributed by atoms with Crippen LogP contribution in [0.25, 0.3) is 0 Å². The lowest BCUT2D eigenvalue weighted by atomic mass is 9.92. The molecule has 4 nitrogen and oxygen atoms in total. The van der Waals surface area contributed by atoms with Gasteiger partial charge >= 0.3 is 0 Å². The van der Waals surface area contributed by atoms with Crippen molar-refractivity contribution in [2.75, 3.05) is 33.4 Å². The molecule has 0 aliphatic carbocycles. The van der Waals surface area contributed by atoms with Crippen LogP contribution >= 0.6 is 0 Å². The summed E-state index contributed by atoms with van der Waals surface area (Å²) in [6, 6.07) is 5.35. The Morgan fingerprint density at radius 3 is 2.62 bits per heavy atom. The van der Waals surface area contributed by atoms with Gasteiger partial charge in [-0.25, -0.2) is 0 Å². The van der Waals surface area contributed by atoms with E-state index in [4.69, 9.17) is 9.47 Å². The van der Waals surface area contributed by atoms with Gasteiger partial charge in [-0.15, -0.1) is 0 Å². The minimum absolute atomic E-state index is 0.537. The molecule has 0 unspecified atom stereocenters. The standard InChI is InChI=1S/C17H25NO3/c1-13-9-14(2)11-18(10-13)7-8-21-17-15(12-19)5-4-6-16(17)20-3/h4-6,12-14H,7-11H2,1-3H3/t13-,14-/m0/s1. The number of aldehydes is 1. The van der Waals surface area contributed by atoms with Crippen LogP contribution in [-0.2, 0) is 0 Å². The van der Waals surface area contributed by atoms with E-state index in [-0.39, 0.29) is 0 Å². The zero-order valence-electron chi connectivity index (χ0n) is 13.2. The van der Waals surface area contributed by atoms with Gasteiger partial charge in [0.05, 0.1) is 12.7 Å². The van der Waals surface area contributed by atoms with E-state index in [1.54, 1.807) is 19.2 Å². The molecule has 0 aromatic heterocycles. The first-order chi connectivity index (χ1) is 10.1. The van der Waals surface area contributed by atoms with Crippen LogP contribution in [0.15, 0.2) is 18.2 Å². The van der Waals surface area contributed by atoms with Gasteiger partial charge in [-0.1, -0.05) is 19.9 Å². The van der Waals surface area contributed by atoms with Crippen LogP contribution in [0, 0.1) is 11.8 Å². The second-order valence-electron chi connectivity index (χ2n) is 6.05. The number of carbonyl (C=O) groups excluding carboxylic acids is 1. The van der Waals surface area contributed by atoms with Crippen LogP contribution < -0.4 is 9.47 Å². The van der Waals surface area contributed by atoms with Crippen LogP contribution in [0.4, 0.5) is 0 Å². The van der Waals surface area contributed by atoms with Crippen molar-refractivity contribution >= 4 is 6.29 Å². The number of benzene rings is 1. The molecule has 0 N–H and O–H groups in total. The summed E-state index contributed by atoms with van der Waals surface area (Å²) in [4.78, 5) is 13.5. The highest BCUT2D eigenvalue weighted by molar-refractivity contribution is 5.81. The fourth-order valence-corrected chi connectivity index (χ4v) is 3.19. The molecular weight excluding hydrogens is 266 g/mol. The Labute approximate surface area is 127 Å². The topological polar surface area (TPSA) is 38.8 Å². The highest BCUT2D eigenvalue weighted by Crippen LogP contribution is 2.30. The van der Waals surface area contributed by atoms with Crippen molar-refractivity contribution < 1.29 is 14.3 Å². The molecule has 2 atom stereocenters. The summed E-state index contributed by atoms with van der Waals surface area (Å²) in [6.45, 7) is 8.30. The number of methoxy groups -OCH3 is 1. The fourth-order valence-electron chi connectivity index (χ4n) is 3.19. The van der Waals surface area contributed by atoms with E-state index < -0.39 is 0 Å². The average molecular weight is 291 g/mol. The fraction of sp³-hybridized carbons (Fsp3) is 0.588. The van der Waals surface area contributed by atoms with Crippen molar-refractivity contribution in [1.29, 1.82) is 0 Å². The number of nitrogens with zero attached hydrogens (tertiary/aromatic N) is 1. The van der Waals surface area contributed by atoms with Gasteiger partial charge in [0, 0.05) is 19.6 Å². The van der Waals surface area contributed by atoms with E-state index >= 15 is 0 Å². The molecule has 0 bridgehead atoms. The molecule has 0 radical (unpaired) electrons. The van der Waals surface area contributed by atoms with Crippen LogP contribution in [-0.4, -0.2) is 44.5 Å². The average Bonchev–Trinajstić information content (AvgIpc) is 2.46. The van der Waals surface area contributed by atoms with Gasteiger partial charge in [0.2, 0.25) is 0 Å². The molecule has 116 valence electrons. The van der Waals surface area contributed by atoms with E-state index in [0.717, 1.165) is 37.8 Å². The first-order valence-corrected chi connectivity index (χ1v) is 7.61. The first-order valence-electron chi connectivity index (χ1n) is 7.61. The lowest BCUT2D eigenvalue weighted by molar-refractivity contribution is 0.110. The Hall–Kier alpha value is -1.55. The largest absolute Gasteiger partial charge is 0.493 e. The van der Waals surface area contributed by atoms with Gasteiger partial charge in [0.1, 0.15) is 6.61 Å². The zero-order chi connectivity index (χ0) is 15.2. The predicted octanol–water partition coefficient (Wildman–Crippen LogP) is 2.86. The second kappa shape index (κ2) is 7.46. The minimum Gasteiger partial charge on any atom is -0.493 e. The molecule has 0 saturated carbocycles. The molecule has 4 heteroatoms. The minimum atomic E-state index is 0.537. The molecule has 1 fully saturated rings. The maximum absolute atomic E-state index is 11.1. The van der Waals surface area contributed by atoms with Crippen LogP contribution in [0.3, 0.4) is 0 Å². The van der Waals surface area contributed by atoms with Crippen molar-refractivity contribution in [1.82, 2.24) is 4.90 Å². The third-order valence-corrected chi connectivity index (χ3v) is 3.95. The SMILES string of the molecule is COc1cccc(C=O)c1OCCN1C[C@@H](C)C[C@H](C)C1. The molecule has 2 rings (SSSR count). The highest BCUT2D eigenvalue weighted by atomic mass is 16.5. The summed E-state index contributed by atoms with van der Waals surface area (Å²) >= 11 is 0. The van der Waals surface area contributed by atoms with Crippen LogP contribution in [0.1, 0.15) is 30.6 Å². The summed E-state index contributed by atoms with van der Waals surface area (Å²) in [5, 5.41) is 0. The lowest BCUT2D eigenvalue weighted by Gasteiger charge is -2.34. The molecule has 1 aromatic rings. The van der Waals surface area contributed by atoms with E-state index in [9.17, 15) is 4.79 Å². The summed E-state index contributed by atoms with van der Waals surface area (Å²) < 4.78 is 11.1. The quantitative estimate of drug-likeness (QED) is 0.756. The molecular formula is C17H25NO3. The zero-order valence-corrected chi connectivity index (χ0v) is 13.2. The number of para-hydroxylation sites is 1. The van der Waals surface area contributed by atoms with E-state index in [1.807, 2.05) is 6.07 Å². The van der Waals surface area contributed by atoms with Gasteiger partial charge in [-0.2, -0.15) is 0 Å². The molecule has 1 saturated heterocycles. The smallest absolute Gasteiger partial charge is 0.171 e. The maximum Gasteiger partial charge on any atom is 0.171 e. The number of carbonyl (C=O) groups is 1. The number of piperidine rings is 1. The Morgan fingerprint density at radius 1 is 1.29 bits per heavy atom. The summed E-state index contributed by atoms with van der Waals surface area (Å²) in [5.74, 6) is 2.64. The maximum atomic E-state index is 11.1. The molecule has 21 heavy (non-hydrogen) atoms. The third-order valence-electron chi connectivity index (χ3n) is 3.95. The van der Waals surface area contributed by atoms with Crippen molar-refractivity contribution in [3.05, 3.63) is 23.8 Å². The van der Waals surface area contributed by atoms with E-state index in [0.29, 0.717) is 23.7 Å². The van der Waals surface area contributed by atoms with Gasteiger partial charge in [-0.3, -0.25) is 9.69 Å². The molecule has 1 aromatic carbocycles. The molecule has 0 amide bonds. The summed E-state index contributed by atoms with van der Waals surface area (Å²) in [5.41, 5.74) is 0.537. The normalized spacial score (nSPS) is 22.8. The van der Waals surface area contributed by atoms with Gasteiger partial charge in [-0.05, 0) is 30.4 Å². The van der Waals surface area contributed by atoms with Crippen molar-refractivity contribution in [2.45, 2.75) is 20.3 Å². The number of likely N-dealkylation sites (tertiary alicyclic amines) is 1. The van der Waals surface area contributed by atoms with Gasteiger partial charge in [0.25, 0.3) is 0 Å². The number of ether oxygens (including phenoxy) is 2. The van der Waals surface area contributed by atoms with Crippen molar-refractivity contribution in [2.24, 2.45) is 11.8 Å². The predicted molar refractivity (Wildman–Crippen MR) is 83.3 cm³/mol. The monoisotopic (exact) mass is 291 g/mol. The molecule has 0 spiro atoms. The molecule has 1 heterocycles. The number of hydrogen-bond acceptors (Lipinski definition) is 4. The van der Waals surface area contributed by atoms with Crippen molar-refractivity contribution in [3.8, 4) is 11.5 Å². The number of rotatable bonds is 6. The first kappa shape index (κ1) is 15.8. The Kier molecular flexibility index (Phi) is 5.62. The third kappa shape index (κ3) is 4.21.